The Balaban J connectivity index is 2.49. The van der Waals surface area contributed by atoms with Crippen LogP contribution in [0, 0.1) is 0 Å². The van der Waals surface area contributed by atoms with Crippen LogP contribution in [0.15, 0.2) is 36.7 Å². The molecular weight excluding hydrogens is 272 g/mol. The zero-order valence-electron chi connectivity index (χ0n) is 11.2. The van der Waals surface area contributed by atoms with Gasteiger partial charge < -0.3 is 0 Å². The van der Waals surface area contributed by atoms with Crippen LogP contribution in [0.4, 0.5) is 0 Å². The maximum absolute atomic E-state index is 6.14. The van der Waals surface area contributed by atoms with Gasteiger partial charge in [-0.1, -0.05) is 49.4 Å². The minimum Gasteiger partial charge on any atom is -0.256 e. The lowest BCUT2D eigenvalue weighted by molar-refractivity contribution is 1.35. The number of benzene rings is 1. The summed E-state index contributed by atoms with van der Waals surface area (Å²) in [7, 11) is -1.41. The molecule has 0 aliphatic carbocycles. The summed E-state index contributed by atoms with van der Waals surface area (Å²) >= 11 is 6.14. The summed E-state index contributed by atoms with van der Waals surface area (Å²) in [5.74, 6) is 0. The Morgan fingerprint density at radius 2 is 1.74 bits per heavy atom. The van der Waals surface area contributed by atoms with Crippen LogP contribution in [-0.4, -0.2) is 18.0 Å². The highest BCUT2D eigenvalue weighted by atomic mass is 35.5. The molecule has 0 unspecified atom stereocenters. The van der Waals surface area contributed by atoms with E-state index in [0.29, 0.717) is 5.15 Å². The third kappa shape index (κ3) is 2.03. The largest absolute Gasteiger partial charge is 0.256 e. The molecule has 2 heterocycles. The molecule has 3 rings (SSSR count). The van der Waals surface area contributed by atoms with Gasteiger partial charge >= 0.3 is 0 Å². The van der Waals surface area contributed by atoms with Gasteiger partial charge in [-0.2, -0.15) is 0 Å². The van der Waals surface area contributed by atoms with Crippen molar-refractivity contribution in [2.45, 2.75) is 19.6 Å². The molecule has 19 heavy (non-hydrogen) atoms. The van der Waals surface area contributed by atoms with Crippen molar-refractivity contribution in [1.82, 2.24) is 9.97 Å². The van der Waals surface area contributed by atoms with Crippen molar-refractivity contribution in [3.8, 4) is 0 Å². The molecule has 2 aromatic heterocycles. The number of aromatic nitrogens is 2. The van der Waals surface area contributed by atoms with Crippen LogP contribution in [0.3, 0.4) is 0 Å². The number of halogens is 1. The van der Waals surface area contributed by atoms with Crippen molar-refractivity contribution in [1.29, 1.82) is 0 Å². The molecule has 0 aliphatic heterocycles. The Hall–Kier alpha value is -1.45. The highest BCUT2D eigenvalue weighted by Gasteiger charge is 2.20. The van der Waals surface area contributed by atoms with Crippen LogP contribution in [0.2, 0.25) is 24.8 Å². The predicted octanol–water partition coefficient (Wildman–Crippen LogP) is 3.98. The average Bonchev–Trinajstić information content (AvgIpc) is 2.37. The van der Waals surface area contributed by atoms with Crippen LogP contribution < -0.4 is 5.19 Å². The highest BCUT2D eigenvalue weighted by molar-refractivity contribution is 6.90. The minimum absolute atomic E-state index is 0.519. The van der Waals surface area contributed by atoms with Crippen LogP contribution in [-0.2, 0) is 0 Å². The first-order valence-electron chi connectivity index (χ1n) is 6.31. The van der Waals surface area contributed by atoms with Crippen molar-refractivity contribution >= 4 is 46.5 Å². The maximum Gasteiger partial charge on any atom is 0.138 e. The summed E-state index contributed by atoms with van der Waals surface area (Å²) < 4.78 is 0. The summed E-state index contributed by atoms with van der Waals surface area (Å²) in [5.41, 5.74) is 1.11. The van der Waals surface area contributed by atoms with Gasteiger partial charge in [-0.05, 0) is 16.6 Å². The predicted molar refractivity (Wildman–Crippen MR) is 85.0 cm³/mol. The van der Waals surface area contributed by atoms with Crippen molar-refractivity contribution in [2.75, 3.05) is 0 Å². The molecule has 0 atom stereocenters. The van der Waals surface area contributed by atoms with Gasteiger partial charge in [0.2, 0.25) is 0 Å². The fourth-order valence-electron chi connectivity index (χ4n) is 2.44. The monoisotopic (exact) mass is 286 g/mol. The second kappa shape index (κ2) is 4.29. The quantitative estimate of drug-likeness (QED) is 0.384. The number of nitrogens with zero attached hydrogens (tertiary/aromatic N) is 2. The Kier molecular flexibility index (Phi) is 2.84. The second-order valence-electron chi connectivity index (χ2n) is 5.77. The molecule has 96 valence electrons. The van der Waals surface area contributed by atoms with Gasteiger partial charge in [0, 0.05) is 23.2 Å². The SMILES string of the molecule is C[Si](C)(C)c1cccc2c1ncc1c(Cl)nccc12. The number of para-hydroxylation sites is 1. The maximum atomic E-state index is 6.14. The van der Waals surface area contributed by atoms with Gasteiger partial charge in [0.1, 0.15) is 5.15 Å². The first-order chi connectivity index (χ1) is 8.98. The van der Waals surface area contributed by atoms with Crippen molar-refractivity contribution in [3.05, 3.63) is 41.8 Å². The number of hydrogen-bond acceptors (Lipinski definition) is 2. The fraction of sp³-hybridized carbons (Fsp3) is 0.200. The Morgan fingerprint density at radius 1 is 0.947 bits per heavy atom. The number of hydrogen-bond donors (Lipinski definition) is 0. The van der Waals surface area contributed by atoms with Gasteiger partial charge in [0.15, 0.2) is 0 Å². The van der Waals surface area contributed by atoms with Gasteiger partial charge in [-0.3, -0.25) is 4.98 Å². The topological polar surface area (TPSA) is 25.8 Å². The zero-order valence-corrected chi connectivity index (χ0v) is 13.0. The number of fused-ring (bicyclic) bond motifs is 3. The summed E-state index contributed by atoms with van der Waals surface area (Å²) in [6.45, 7) is 7.02. The minimum atomic E-state index is -1.41. The third-order valence-corrected chi connectivity index (χ3v) is 5.72. The molecule has 4 heteroatoms. The average molecular weight is 287 g/mol. The van der Waals surface area contributed by atoms with E-state index in [1.165, 1.54) is 10.6 Å². The summed E-state index contributed by atoms with van der Waals surface area (Å²) in [4.78, 5) is 8.77. The van der Waals surface area contributed by atoms with Crippen LogP contribution in [0.1, 0.15) is 0 Å². The number of pyridine rings is 2. The van der Waals surface area contributed by atoms with E-state index in [-0.39, 0.29) is 0 Å². The van der Waals surface area contributed by atoms with Crippen molar-refractivity contribution in [2.24, 2.45) is 0 Å². The van der Waals surface area contributed by atoms with Crippen LogP contribution >= 0.6 is 11.6 Å². The summed E-state index contributed by atoms with van der Waals surface area (Å²) in [5, 5.41) is 5.13. The summed E-state index contributed by atoms with van der Waals surface area (Å²) in [6.07, 6.45) is 3.60. The molecule has 0 N–H and O–H groups in total. The lowest BCUT2D eigenvalue weighted by Gasteiger charge is -2.19. The van der Waals surface area contributed by atoms with Crippen molar-refractivity contribution < 1.29 is 0 Å². The zero-order chi connectivity index (χ0) is 13.6. The van der Waals surface area contributed by atoms with Crippen molar-refractivity contribution in [3.63, 3.8) is 0 Å². The molecule has 1 aromatic carbocycles. The van der Waals surface area contributed by atoms with E-state index in [9.17, 15) is 0 Å². The molecule has 0 fully saturated rings. The lowest BCUT2D eigenvalue weighted by Crippen LogP contribution is -2.38. The Morgan fingerprint density at radius 3 is 2.47 bits per heavy atom. The fourth-order valence-corrected chi connectivity index (χ4v) is 4.15. The van der Waals surface area contributed by atoms with Gasteiger partial charge in [0.25, 0.3) is 0 Å². The molecule has 0 saturated heterocycles. The highest BCUT2D eigenvalue weighted by Crippen LogP contribution is 2.27. The van der Waals surface area contributed by atoms with Gasteiger partial charge in [-0.15, -0.1) is 0 Å². The van der Waals surface area contributed by atoms with E-state index >= 15 is 0 Å². The van der Waals surface area contributed by atoms with Gasteiger partial charge in [-0.25, -0.2) is 4.98 Å². The van der Waals surface area contributed by atoms with Crippen LogP contribution in [0.25, 0.3) is 21.7 Å². The van der Waals surface area contributed by atoms with E-state index in [1.807, 2.05) is 12.3 Å². The Labute approximate surface area is 118 Å². The Bertz CT molecular complexity index is 778. The molecular formula is C15H15ClN2Si. The van der Waals surface area contributed by atoms with E-state index in [1.54, 1.807) is 6.20 Å². The van der Waals surface area contributed by atoms with Crippen LogP contribution in [0.5, 0.6) is 0 Å². The normalized spacial score (nSPS) is 12.2. The molecule has 2 nitrogen and oxygen atoms in total. The second-order valence-corrected chi connectivity index (χ2v) is 11.2. The third-order valence-electron chi connectivity index (χ3n) is 3.40. The standard InChI is InChI=1S/C15H15ClN2Si/c1-19(2,3)13-6-4-5-11-10-7-8-17-15(16)12(10)9-18-14(11)13/h4-9H,1-3H3. The first kappa shape index (κ1) is 12.6. The molecule has 3 aromatic rings. The van der Waals surface area contributed by atoms with E-state index in [0.717, 1.165) is 16.3 Å². The van der Waals surface area contributed by atoms with Gasteiger partial charge in [0.05, 0.1) is 13.6 Å². The first-order valence-corrected chi connectivity index (χ1v) is 10.2. The molecule has 0 bridgehead atoms. The van der Waals surface area contributed by atoms with E-state index < -0.39 is 8.07 Å². The lowest BCUT2D eigenvalue weighted by atomic mass is 10.1. The molecule has 0 amide bonds. The molecule has 0 spiro atoms. The van der Waals surface area contributed by atoms with E-state index in [2.05, 4.69) is 47.8 Å². The molecule has 0 aliphatic rings. The summed E-state index contributed by atoms with van der Waals surface area (Å²) in [6, 6.07) is 8.45. The number of rotatable bonds is 1. The molecule has 0 radical (unpaired) electrons. The smallest absolute Gasteiger partial charge is 0.138 e. The molecule has 0 saturated carbocycles. The van der Waals surface area contributed by atoms with E-state index in [4.69, 9.17) is 11.6 Å².